The number of hydrogen-bond acceptors (Lipinski definition) is 1. The van der Waals surface area contributed by atoms with Crippen LogP contribution in [0.2, 0.25) is 0 Å². The summed E-state index contributed by atoms with van der Waals surface area (Å²) in [7, 11) is 0. The van der Waals surface area contributed by atoms with E-state index >= 15 is 0 Å². The van der Waals surface area contributed by atoms with Gasteiger partial charge in [0.1, 0.15) is 5.82 Å². The van der Waals surface area contributed by atoms with Crippen LogP contribution in [0.5, 0.6) is 0 Å². The normalized spacial score (nSPS) is 12.9. The summed E-state index contributed by atoms with van der Waals surface area (Å²) in [6.45, 7) is 9.07. The van der Waals surface area contributed by atoms with Crippen molar-refractivity contribution in [1.82, 2.24) is 15.0 Å². The molecule has 128 valence electrons. The fourth-order valence-electron chi connectivity index (χ4n) is 2.89. The predicted molar refractivity (Wildman–Crippen MR) is 97.9 cm³/mol. The second kappa shape index (κ2) is 8.95. The van der Waals surface area contributed by atoms with Crippen molar-refractivity contribution in [2.75, 3.05) is 0 Å². The van der Waals surface area contributed by atoms with Crippen molar-refractivity contribution in [1.29, 1.82) is 0 Å². The molecule has 2 aromatic rings. The van der Waals surface area contributed by atoms with Gasteiger partial charge in [-0.2, -0.15) is 0 Å². The van der Waals surface area contributed by atoms with Crippen LogP contribution in [0.15, 0.2) is 18.5 Å². The van der Waals surface area contributed by atoms with Gasteiger partial charge in [0.15, 0.2) is 0 Å². The summed E-state index contributed by atoms with van der Waals surface area (Å²) in [6, 6.07) is 2.32. The summed E-state index contributed by atoms with van der Waals surface area (Å²) in [6.07, 6.45) is 12.5. The largest absolute Gasteiger partial charge is 0.365 e. The monoisotopic (exact) mass is 315 g/mol. The average molecular weight is 316 g/mol. The molecule has 1 atom stereocenters. The average Bonchev–Trinajstić information content (AvgIpc) is 3.18. The number of unbranched alkanes of at least 4 members (excludes halogenated alkanes) is 1. The van der Waals surface area contributed by atoms with Crippen molar-refractivity contribution in [2.24, 2.45) is 5.92 Å². The van der Waals surface area contributed by atoms with Crippen molar-refractivity contribution in [3.8, 4) is 0 Å². The second-order valence-electron chi connectivity index (χ2n) is 7.24. The number of aromatic nitrogens is 3. The zero-order chi connectivity index (χ0) is 16.7. The van der Waals surface area contributed by atoms with E-state index < -0.39 is 0 Å². The third-order valence-electron chi connectivity index (χ3n) is 4.68. The van der Waals surface area contributed by atoms with E-state index in [2.05, 4.69) is 56.1 Å². The van der Waals surface area contributed by atoms with E-state index in [0.717, 1.165) is 31.0 Å². The van der Waals surface area contributed by atoms with Gasteiger partial charge in [0, 0.05) is 24.5 Å². The summed E-state index contributed by atoms with van der Waals surface area (Å²) < 4.78 is 0. The van der Waals surface area contributed by atoms with Crippen LogP contribution in [0.1, 0.15) is 82.1 Å². The van der Waals surface area contributed by atoms with Crippen LogP contribution in [0.3, 0.4) is 0 Å². The van der Waals surface area contributed by atoms with Crippen molar-refractivity contribution in [2.45, 2.75) is 78.6 Å². The Morgan fingerprint density at radius 3 is 2.48 bits per heavy atom. The van der Waals surface area contributed by atoms with E-state index in [0.29, 0.717) is 5.92 Å². The highest BCUT2D eigenvalue weighted by Gasteiger charge is 2.08. The molecule has 0 aliphatic heterocycles. The quantitative estimate of drug-likeness (QED) is 0.605. The van der Waals surface area contributed by atoms with Crippen molar-refractivity contribution in [3.05, 3.63) is 41.2 Å². The molecular formula is C20H33N3. The molecular weight excluding hydrogens is 282 g/mol. The highest BCUT2D eigenvalue weighted by Crippen LogP contribution is 2.19. The van der Waals surface area contributed by atoms with Gasteiger partial charge in [-0.3, -0.25) is 0 Å². The summed E-state index contributed by atoms with van der Waals surface area (Å²) in [4.78, 5) is 11.5. The molecule has 3 heteroatoms. The second-order valence-corrected chi connectivity index (χ2v) is 7.24. The summed E-state index contributed by atoms with van der Waals surface area (Å²) >= 11 is 0. The first-order valence-corrected chi connectivity index (χ1v) is 9.28. The minimum absolute atomic E-state index is 0.610. The molecule has 0 saturated heterocycles. The summed E-state index contributed by atoms with van der Waals surface area (Å²) in [5, 5.41) is 0. The Labute approximate surface area is 141 Å². The van der Waals surface area contributed by atoms with E-state index in [9.17, 15) is 0 Å². The van der Waals surface area contributed by atoms with Crippen LogP contribution in [0.25, 0.3) is 0 Å². The third kappa shape index (κ3) is 5.89. The molecule has 0 fully saturated rings. The number of hydrogen-bond donors (Lipinski definition) is 2. The lowest BCUT2D eigenvalue weighted by Crippen LogP contribution is -2.01. The lowest BCUT2D eigenvalue weighted by atomic mass is 9.98. The predicted octanol–water partition coefficient (Wildman–Crippen LogP) is 5.41. The lowest BCUT2D eigenvalue weighted by Gasteiger charge is -2.09. The molecule has 0 aliphatic carbocycles. The molecule has 2 heterocycles. The van der Waals surface area contributed by atoms with Gasteiger partial charge in [0.2, 0.25) is 0 Å². The smallest absolute Gasteiger partial charge is 0.106 e. The number of rotatable bonds is 10. The van der Waals surface area contributed by atoms with Gasteiger partial charge in [0.05, 0.1) is 5.69 Å². The first kappa shape index (κ1) is 17.8. The highest BCUT2D eigenvalue weighted by atomic mass is 14.9. The maximum atomic E-state index is 4.70. The zero-order valence-corrected chi connectivity index (χ0v) is 15.3. The number of aryl methyl sites for hydroxylation is 3. The van der Waals surface area contributed by atoms with Crippen LogP contribution < -0.4 is 0 Å². The van der Waals surface area contributed by atoms with Crippen LogP contribution in [-0.4, -0.2) is 15.0 Å². The molecule has 2 N–H and O–H groups in total. The Balaban J connectivity index is 1.70. The molecule has 3 nitrogen and oxygen atoms in total. The van der Waals surface area contributed by atoms with Gasteiger partial charge in [-0.05, 0) is 55.6 Å². The minimum Gasteiger partial charge on any atom is -0.365 e. The van der Waals surface area contributed by atoms with Crippen molar-refractivity contribution in [3.63, 3.8) is 0 Å². The maximum Gasteiger partial charge on any atom is 0.106 e. The molecule has 0 aliphatic rings. The molecule has 0 aromatic carbocycles. The van der Waals surface area contributed by atoms with Gasteiger partial charge in [-0.1, -0.05) is 34.1 Å². The van der Waals surface area contributed by atoms with Gasteiger partial charge in [-0.15, -0.1) is 0 Å². The fraction of sp³-hybridized carbons (Fsp3) is 0.650. The first-order chi connectivity index (χ1) is 11.1. The van der Waals surface area contributed by atoms with Gasteiger partial charge in [0.25, 0.3) is 0 Å². The van der Waals surface area contributed by atoms with Gasteiger partial charge in [-0.25, -0.2) is 4.98 Å². The van der Waals surface area contributed by atoms with Crippen LogP contribution in [0, 0.1) is 5.92 Å². The molecule has 0 bridgehead atoms. The Kier molecular flexibility index (Phi) is 6.94. The first-order valence-electron chi connectivity index (χ1n) is 9.28. The Hall–Kier alpha value is -1.51. The fourth-order valence-corrected chi connectivity index (χ4v) is 2.89. The number of imidazole rings is 1. The van der Waals surface area contributed by atoms with Crippen LogP contribution >= 0.6 is 0 Å². The number of nitrogens with one attached hydrogen (secondary N) is 2. The third-order valence-corrected chi connectivity index (χ3v) is 4.68. The van der Waals surface area contributed by atoms with E-state index in [1.165, 1.54) is 42.6 Å². The standard InChI is InChI=1S/C20H33N3/c1-5-6-7-19-14-22-20(23-19)11-9-16(4)8-10-18-12-17(13-21-18)15(2)3/h12-16,21H,5-11H2,1-4H3,(H,22,23). The topological polar surface area (TPSA) is 44.5 Å². The molecule has 0 saturated carbocycles. The van der Waals surface area contributed by atoms with Crippen molar-refractivity contribution >= 4 is 0 Å². The van der Waals surface area contributed by atoms with Crippen LogP contribution in [0.4, 0.5) is 0 Å². The molecule has 2 aromatic heterocycles. The molecule has 0 radical (unpaired) electrons. The van der Waals surface area contributed by atoms with E-state index in [1.807, 2.05) is 0 Å². The number of aromatic amines is 2. The zero-order valence-electron chi connectivity index (χ0n) is 15.3. The summed E-state index contributed by atoms with van der Waals surface area (Å²) in [5.74, 6) is 2.49. The highest BCUT2D eigenvalue weighted by molar-refractivity contribution is 5.19. The molecule has 0 amide bonds. The Morgan fingerprint density at radius 1 is 1.00 bits per heavy atom. The van der Waals surface area contributed by atoms with Gasteiger partial charge >= 0.3 is 0 Å². The Bertz CT molecular complexity index is 565. The molecule has 2 rings (SSSR count). The SMILES string of the molecule is CCCCc1c[nH]c(CCC(C)CCc2cc(C(C)C)c[nH]2)n1. The molecule has 23 heavy (non-hydrogen) atoms. The van der Waals surface area contributed by atoms with E-state index in [-0.39, 0.29) is 0 Å². The maximum absolute atomic E-state index is 4.70. The van der Waals surface area contributed by atoms with E-state index in [4.69, 9.17) is 4.98 Å². The van der Waals surface area contributed by atoms with Crippen molar-refractivity contribution < 1.29 is 0 Å². The van der Waals surface area contributed by atoms with E-state index in [1.54, 1.807) is 0 Å². The minimum atomic E-state index is 0.610. The van der Waals surface area contributed by atoms with Crippen LogP contribution in [-0.2, 0) is 19.3 Å². The molecule has 1 unspecified atom stereocenters. The summed E-state index contributed by atoms with van der Waals surface area (Å²) in [5.41, 5.74) is 4.02. The van der Waals surface area contributed by atoms with Gasteiger partial charge < -0.3 is 9.97 Å². The number of H-pyrrole nitrogens is 2. The lowest BCUT2D eigenvalue weighted by molar-refractivity contribution is 0.485. The number of nitrogens with zero attached hydrogens (tertiary/aromatic N) is 1. The Morgan fingerprint density at radius 2 is 1.78 bits per heavy atom. The molecule has 0 spiro atoms.